The topological polar surface area (TPSA) is 70.2 Å². The predicted octanol–water partition coefficient (Wildman–Crippen LogP) is 3.78. The summed E-state index contributed by atoms with van der Waals surface area (Å²) in [6.07, 6.45) is 10.9. The first kappa shape index (κ1) is 19.3. The van der Waals surface area contributed by atoms with Gasteiger partial charge in [0.05, 0.1) is 12.1 Å². The summed E-state index contributed by atoms with van der Waals surface area (Å²) in [7, 11) is 0. The highest BCUT2D eigenvalue weighted by molar-refractivity contribution is 6.31. The Bertz CT molecular complexity index is 782. The highest BCUT2D eigenvalue weighted by Crippen LogP contribution is 2.29. The molecule has 1 aromatic carbocycles. The number of nitrogens with zero attached hydrogens (tertiary/aromatic N) is 2. The van der Waals surface area contributed by atoms with E-state index in [0.717, 1.165) is 32.0 Å². The van der Waals surface area contributed by atoms with Crippen LogP contribution in [0.5, 0.6) is 5.75 Å². The third-order valence-corrected chi connectivity index (χ3v) is 6.00. The van der Waals surface area contributed by atoms with E-state index in [4.69, 9.17) is 16.3 Å². The van der Waals surface area contributed by atoms with Crippen LogP contribution in [0.15, 0.2) is 30.6 Å². The van der Waals surface area contributed by atoms with Gasteiger partial charge in [0, 0.05) is 36.5 Å². The number of rotatable bonds is 6. The van der Waals surface area contributed by atoms with Gasteiger partial charge in [-0.25, -0.2) is 4.98 Å². The van der Waals surface area contributed by atoms with E-state index in [9.17, 15) is 4.79 Å². The first-order valence-electron chi connectivity index (χ1n) is 10.2. The number of piperidine rings is 1. The second-order valence-electron chi connectivity index (χ2n) is 7.65. The van der Waals surface area contributed by atoms with Crippen molar-refractivity contribution >= 4 is 17.5 Å². The van der Waals surface area contributed by atoms with E-state index in [1.807, 2.05) is 0 Å². The molecule has 6 nitrogen and oxygen atoms in total. The molecule has 1 saturated heterocycles. The minimum atomic E-state index is -0.211. The van der Waals surface area contributed by atoms with Crippen LogP contribution in [0.3, 0.4) is 0 Å². The smallest absolute Gasteiger partial charge is 0.255 e. The summed E-state index contributed by atoms with van der Waals surface area (Å²) in [5, 5.41) is 3.39. The average molecular weight is 403 g/mol. The Morgan fingerprint density at radius 2 is 2.04 bits per heavy atom. The molecule has 2 fully saturated rings. The minimum Gasteiger partial charge on any atom is -0.489 e. The van der Waals surface area contributed by atoms with Gasteiger partial charge >= 0.3 is 0 Å². The summed E-state index contributed by atoms with van der Waals surface area (Å²) in [5.74, 6) is 1.09. The highest BCUT2D eigenvalue weighted by Gasteiger charge is 2.28. The van der Waals surface area contributed by atoms with Crippen molar-refractivity contribution in [2.45, 2.75) is 57.2 Å². The van der Waals surface area contributed by atoms with Gasteiger partial charge in [0.1, 0.15) is 17.7 Å². The number of likely N-dealkylation sites (tertiary alicyclic amines) is 1. The molecule has 0 bridgehead atoms. The van der Waals surface area contributed by atoms with Crippen LogP contribution in [0.1, 0.15) is 54.7 Å². The number of carbonyl (C=O) groups excluding carboxylic acids is 1. The van der Waals surface area contributed by atoms with Crippen molar-refractivity contribution in [3.05, 3.63) is 47.0 Å². The third-order valence-electron chi connectivity index (χ3n) is 5.77. The Balaban J connectivity index is 1.37. The second kappa shape index (κ2) is 8.97. The van der Waals surface area contributed by atoms with Gasteiger partial charge in [-0.15, -0.1) is 0 Å². The molecular formula is C21H27ClN4O2. The van der Waals surface area contributed by atoms with Crippen LogP contribution >= 0.6 is 11.6 Å². The number of carbonyl (C=O) groups is 1. The van der Waals surface area contributed by atoms with Gasteiger partial charge in [0.25, 0.3) is 5.91 Å². The van der Waals surface area contributed by atoms with Gasteiger partial charge in [0.15, 0.2) is 0 Å². The zero-order chi connectivity index (χ0) is 19.3. The fourth-order valence-electron chi connectivity index (χ4n) is 4.24. The SMILES string of the molecule is O=C(NCc1ncc[nH]1)c1cc(Cl)ccc1OC1CCN(C2CCCC2)CC1. The molecule has 2 heterocycles. The second-order valence-corrected chi connectivity index (χ2v) is 8.09. The Morgan fingerprint density at radius 1 is 1.25 bits per heavy atom. The van der Waals surface area contributed by atoms with Gasteiger partial charge in [-0.05, 0) is 43.9 Å². The third kappa shape index (κ3) is 4.67. The van der Waals surface area contributed by atoms with E-state index < -0.39 is 0 Å². The van der Waals surface area contributed by atoms with Crippen molar-refractivity contribution in [2.24, 2.45) is 0 Å². The Morgan fingerprint density at radius 3 is 2.75 bits per heavy atom. The zero-order valence-corrected chi connectivity index (χ0v) is 16.8. The lowest BCUT2D eigenvalue weighted by molar-refractivity contribution is 0.0750. The molecule has 2 aliphatic rings. The van der Waals surface area contributed by atoms with Gasteiger partial charge in [-0.2, -0.15) is 0 Å². The molecule has 0 spiro atoms. The predicted molar refractivity (Wildman–Crippen MR) is 109 cm³/mol. The van der Waals surface area contributed by atoms with Crippen LogP contribution in [-0.4, -0.2) is 46.0 Å². The molecule has 0 atom stereocenters. The molecule has 2 aromatic rings. The number of aromatic amines is 1. The van der Waals surface area contributed by atoms with E-state index >= 15 is 0 Å². The summed E-state index contributed by atoms with van der Waals surface area (Å²) < 4.78 is 6.24. The first-order chi connectivity index (χ1) is 13.7. The molecule has 0 unspecified atom stereocenters. The quantitative estimate of drug-likeness (QED) is 0.771. The largest absolute Gasteiger partial charge is 0.489 e. The van der Waals surface area contributed by atoms with Crippen LogP contribution in [0, 0.1) is 0 Å². The van der Waals surface area contributed by atoms with E-state index in [1.54, 1.807) is 30.6 Å². The summed E-state index contributed by atoms with van der Waals surface area (Å²) in [6.45, 7) is 2.48. The van der Waals surface area contributed by atoms with Crippen molar-refractivity contribution in [3.63, 3.8) is 0 Å². The molecule has 4 rings (SSSR count). The van der Waals surface area contributed by atoms with Crippen molar-refractivity contribution in [3.8, 4) is 5.75 Å². The Labute approximate surface area is 170 Å². The maximum absolute atomic E-state index is 12.7. The number of hydrogen-bond acceptors (Lipinski definition) is 4. The van der Waals surface area contributed by atoms with Crippen LogP contribution in [0.2, 0.25) is 5.02 Å². The molecule has 1 aliphatic heterocycles. The summed E-state index contributed by atoms with van der Waals surface area (Å²) in [6, 6.07) is 6.00. The molecule has 1 aromatic heterocycles. The normalized spacial score (nSPS) is 19.0. The van der Waals surface area contributed by atoms with Gasteiger partial charge in [0.2, 0.25) is 0 Å². The van der Waals surface area contributed by atoms with E-state index in [2.05, 4.69) is 20.2 Å². The maximum atomic E-state index is 12.7. The number of nitrogens with one attached hydrogen (secondary N) is 2. The number of H-pyrrole nitrogens is 1. The molecule has 0 radical (unpaired) electrons. The van der Waals surface area contributed by atoms with Crippen molar-refractivity contribution < 1.29 is 9.53 Å². The van der Waals surface area contributed by atoms with E-state index in [-0.39, 0.29) is 12.0 Å². The Hall–Kier alpha value is -2.05. The van der Waals surface area contributed by atoms with E-state index in [0.29, 0.717) is 28.7 Å². The standard InChI is InChI=1S/C21H27ClN4O2/c22-15-5-6-19(18(13-15)21(27)25-14-20-23-9-10-24-20)28-17-7-11-26(12-8-17)16-3-1-2-4-16/h5-6,9-10,13,16-17H,1-4,7-8,11-12,14H2,(H,23,24)(H,25,27). The van der Waals surface area contributed by atoms with Crippen LogP contribution in [0.25, 0.3) is 0 Å². The lowest BCUT2D eigenvalue weighted by Gasteiger charge is -2.36. The monoisotopic (exact) mass is 402 g/mol. The number of benzene rings is 1. The van der Waals surface area contributed by atoms with E-state index in [1.165, 1.54) is 25.7 Å². The highest BCUT2D eigenvalue weighted by atomic mass is 35.5. The summed E-state index contributed by atoms with van der Waals surface area (Å²) in [5.41, 5.74) is 0.470. The first-order valence-corrected chi connectivity index (χ1v) is 10.5. The van der Waals surface area contributed by atoms with Crippen molar-refractivity contribution in [2.75, 3.05) is 13.1 Å². The minimum absolute atomic E-state index is 0.135. The van der Waals surface area contributed by atoms with Crippen molar-refractivity contribution in [1.29, 1.82) is 0 Å². The maximum Gasteiger partial charge on any atom is 0.255 e. The number of halogens is 1. The molecule has 28 heavy (non-hydrogen) atoms. The summed E-state index contributed by atoms with van der Waals surface area (Å²) >= 11 is 6.13. The van der Waals surface area contributed by atoms with Crippen molar-refractivity contribution in [1.82, 2.24) is 20.2 Å². The van der Waals surface area contributed by atoms with Gasteiger partial charge in [-0.1, -0.05) is 24.4 Å². The molecule has 2 N–H and O–H groups in total. The number of aromatic nitrogens is 2. The average Bonchev–Trinajstić information content (AvgIpc) is 3.42. The van der Waals surface area contributed by atoms with Gasteiger partial charge < -0.3 is 19.9 Å². The number of hydrogen-bond donors (Lipinski definition) is 2. The molecule has 1 amide bonds. The zero-order valence-electron chi connectivity index (χ0n) is 16.0. The molecule has 150 valence electrons. The molecule has 1 aliphatic carbocycles. The van der Waals surface area contributed by atoms with Gasteiger partial charge in [-0.3, -0.25) is 4.79 Å². The van der Waals surface area contributed by atoms with Crippen LogP contribution < -0.4 is 10.1 Å². The molecule has 7 heteroatoms. The number of amides is 1. The fourth-order valence-corrected chi connectivity index (χ4v) is 4.42. The van der Waals surface area contributed by atoms with Crippen LogP contribution in [-0.2, 0) is 6.54 Å². The fraction of sp³-hybridized carbons (Fsp3) is 0.524. The number of ether oxygens (including phenoxy) is 1. The summed E-state index contributed by atoms with van der Waals surface area (Å²) in [4.78, 5) is 22.4. The lowest BCUT2D eigenvalue weighted by atomic mass is 10.0. The molecular weight excluding hydrogens is 376 g/mol. The Kier molecular flexibility index (Phi) is 6.17. The molecule has 1 saturated carbocycles. The lowest BCUT2D eigenvalue weighted by Crippen LogP contribution is -2.43. The number of imidazole rings is 1. The van der Waals surface area contributed by atoms with Crippen LogP contribution in [0.4, 0.5) is 0 Å².